The maximum atomic E-state index is 5.89. The molecular formula is C13H12ClN. The number of anilines is 1. The number of nitrogens with one attached hydrogen (secondary N) is 1. The molecule has 0 aliphatic rings. The first-order chi connectivity index (χ1) is 7.34. The molecule has 0 saturated heterocycles. The van der Waals surface area contributed by atoms with Crippen LogP contribution in [0, 0.1) is 0 Å². The number of halogens is 1. The second kappa shape index (κ2) is 4.85. The summed E-state index contributed by atoms with van der Waals surface area (Å²) >= 11 is 5.89. The highest BCUT2D eigenvalue weighted by atomic mass is 35.5. The fourth-order valence-electron chi connectivity index (χ4n) is 1.40. The van der Waals surface area contributed by atoms with E-state index in [-0.39, 0.29) is 0 Å². The van der Waals surface area contributed by atoms with E-state index in [9.17, 15) is 0 Å². The van der Waals surface area contributed by atoms with Crippen molar-refractivity contribution in [2.75, 3.05) is 5.32 Å². The molecule has 15 heavy (non-hydrogen) atoms. The van der Waals surface area contributed by atoms with E-state index in [4.69, 9.17) is 11.6 Å². The molecule has 2 rings (SSSR count). The smallest absolute Gasteiger partial charge is 0.0426 e. The SMILES string of the molecule is Clc1cccc(NCc2ccccc2)c1. The van der Waals surface area contributed by atoms with Crippen LogP contribution in [-0.4, -0.2) is 0 Å². The maximum absolute atomic E-state index is 5.89. The van der Waals surface area contributed by atoms with Crippen molar-refractivity contribution in [1.82, 2.24) is 0 Å². The Bertz CT molecular complexity index is 426. The van der Waals surface area contributed by atoms with Crippen molar-refractivity contribution < 1.29 is 0 Å². The molecule has 0 radical (unpaired) electrons. The highest BCUT2D eigenvalue weighted by molar-refractivity contribution is 6.30. The molecule has 0 spiro atoms. The number of rotatable bonds is 3. The van der Waals surface area contributed by atoms with Gasteiger partial charge in [-0.05, 0) is 23.8 Å². The van der Waals surface area contributed by atoms with E-state index in [2.05, 4.69) is 17.4 Å². The van der Waals surface area contributed by atoms with Crippen molar-refractivity contribution in [2.45, 2.75) is 6.54 Å². The maximum Gasteiger partial charge on any atom is 0.0426 e. The second-order valence-electron chi connectivity index (χ2n) is 3.35. The Kier molecular flexibility index (Phi) is 3.25. The molecule has 2 heteroatoms. The van der Waals surface area contributed by atoms with Crippen LogP contribution in [0.4, 0.5) is 5.69 Å². The van der Waals surface area contributed by atoms with Gasteiger partial charge in [-0.1, -0.05) is 48.0 Å². The number of hydrogen-bond acceptors (Lipinski definition) is 1. The predicted octanol–water partition coefficient (Wildman–Crippen LogP) is 3.95. The Balaban J connectivity index is 1.99. The summed E-state index contributed by atoms with van der Waals surface area (Å²) in [6.07, 6.45) is 0. The van der Waals surface area contributed by atoms with E-state index in [1.807, 2.05) is 42.5 Å². The van der Waals surface area contributed by atoms with E-state index in [1.165, 1.54) is 5.56 Å². The van der Waals surface area contributed by atoms with Gasteiger partial charge in [0.25, 0.3) is 0 Å². The fourth-order valence-corrected chi connectivity index (χ4v) is 1.59. The van der Waals surface area contributed by atoms with Gasteiger partial charge in [0.2, 0.25) is 0 Å². The average molecular weight is 218 g/mol. The molecule has 2 aromatic rings. The van der Waals surface area contributed by atoms with Crippen LogP contribution in [0.5, 0.6) is 0 Å². The minimum Gasteiger partial charge on any atom is -0.381 e. The van der Waals surface area contributed by atoms with Gasteiger partial charge in [0.05, 0.1) is 0 Å². The van der Waals surface area contributed by atoms with E-state index in [1.54, 1.807) is 0 Å². The molecule has 0 unspecified atom stereocenters. The van der Waals surface area contributed by atoms with Crippen molar-refractivity contribution in [3.05, 3.63) is 65.2 Å². The highest BCUT2D eigenvalue weighted by Gasteiger charge is 1.93. The lowest BCUT2D eigenvalue weighted by atomic mass is 10.2. The van der Waals surface area contributed by atoms with Gasteiger partial charge in [0, 0.05) is 17.3 Å². The summed E-state index contributed by atoms with van der Waals surface area (Å²) in [5.74, 6) is 0. The zero-order valence-corrected chi connectivity index (χ0v) is 9.04. The third kappa shape index (κ3) is 3.00. The van der Waals surface area contributed by atoms with E-state index in [0.717, 1.165) is 17.3 Å². The number of benzene rings is 2. The van der Waals surface area contributed by atoms with Gasteiger partial charge in [-0.3, -0.25) is 0 Å². The Morgan fingerprint density at radius 1 is 0.933 bits per heavy atom. The molecule has 0 atom stereocenters. The minimum atomic E-state index is 0.757. The first-order valence-electron chi connectivity index (χ1n) is 4.88. The molecule has 0 amide bonds. The molecule has 0 aromatic heterocycles. The summed E-state index contributed by atoms with van der Waals surface area (Å²) in [5.41, 5.74) is 2.31. The monoisotopic (exact) mass is 217 g/mol. The zero-order valence-electron chi connectivity index (χ0n) is 8.28. The molecule has 2 aromatic carbocycles. The normalized spacial score (nSPS) is 9.93. The summed E-state index contributed by atoms with van der Waals surface area (Å²) in [6, 6.07) is 18.0. The van der Waals surface area contributed by atoms with Crippen LogP contribution < -0.4 is 5.32 Å². The fraction of sp³-hybridized carbons (Fsp3) is 0.0769. The van der Waals surface area contributed by atoms with Crippen molar-refractivity contribution >= 4 is 17.3 Å². The first-order valence-corrected chi connectivity index (χ1v) is 5.26. The molecular weight excluding hydrogens is 206 g/mol. The number of hydrogen-bond donors (Lipinski definition) is 1. The summed E-state index contributed by atoms with van der Waals surface area (Å²) in [7, 11) is 0. The van der Waals surface area contributed by atoms with Crippen molar-refractivity contribution in [1.29, 1.82) is 0 Å². The lowest BCUT2D eigenvalue weighted by Gasteiger charge is -2.06. The van der Waals surface area contributed by atoms with Crippen LogP contribution in [0.15, 0.2) is 54.6 Å². The molecule has 1 N–H and O–H groups in total. The third-order valence-electron chi connectivity index (χ3n) is 2.16. The lowest BCUT2D eigenvalue weighted by molar-refractivity contribution is 1.15. The van der Waals surface area contributed by atoms with Crippen molar-refractivity contribution in [3.8, 4) is 0 Å². The van der Waals surface area contributed by atoms with Gasteiger partial charge in [0.1, 0.15) is 0 Å². The van der Waals surface area contributed by atoms with Crippen LogP contribution >= 0.6 is 11.6 Å². The van der Waals surface area contributed by atoms with Gasteiger partial charge in [-0.2, -0.15) is 0 Å². The zero-order chi connectivity index (χ0) is 10.5. The second-order valence-corrected chi connectivity index (χ2v) is 3.79. The van der Waals surface area contributed by atoms with Crippen LogP contribution in [0.2, 0.25) is 5.02 Å². The van der Waals surface area contributed by atoms with E-state index < -0.39 is 0 Å². The Labute approximate surface area is 94.7 Å². The van der Waals surface area contributed by atoms with Gasteiger partial charge in [-0.15, -0.1) is 0 Å². The molecule has 1 nitrogen and oxygen atoms in total. The molecule has 0 heterocycles. The molecule has 0 aliphatic carbocycles. The molecule has 0 bridgehead atoms. The Hall–Kier alpha value is -1.47. The van der Waals surface area contributed by atoms with Gasteiger partial charge in [-0.25, -0.2) is 0 Å². The standard InChI is InChI=1S/C13H12ClN/c14-12-7-4-8-13(9-12)15-10-11-5-2-1-3-6-11/h1-9,15H,10H2. The largest absolute Gasteiger partial charge is 0.381 e. The van der Waals surface area contributed by atoms with Crippen LogP contribution in [0.1, 0.15) is 5.56 Å². The Morgan fingerprint density at radius 2 is 1.73 bits per heavy atom. The van der Waals surface area contributed by atoms with E-state index >= 15 is 0 Å². The quantitative estimate of drug-likeness (QED) is 0.821. The minimum absolute atomic E-state index is 0.757. The van der Waals surface area contributed by atoms with Gasteiger partial charge >= 0.3 is 0 Å². The topological polar surface area (TPSA) is 12.0 Å². The van der Waals surface area contributed by atoms with Gasteiger partial charge < -0.3 is 5.32 Å². The highest BCUT2D eigenvalue weighted by Crippen LogP contribution is 2.15. The van der Waals surface area contributed by atoms with Crippen LogP contribution in [-0.2, 0) is 6.54 Å². The summed E-state index contributed by atoms with van der Waals surface area (Å²) in [6.45, 7) is 0.821. The average Bonchev–Trinajstić information content (AvgIpc) is 2.28. The summed E-state index contributed by atoms with van der Waals surface area (Å²) < 4.78 is 0. The molecule has 76 valence electrons. The van der Waals surface area contributed by atoms with E-state index in [0.29, 0.717) is 0 Å². The summed E-state index contributed by atoms with van der Waals surface area (Å²) in [4.78, 5) is 0. The van der Waals surface area contributed by atoms with Crippen LogP contribution in [0.25, 0.3) is 0 Å². The van der Waals surface area contributed by atoms with Gasteiger partial charge in [0.15, 0.2) is 0 Å². The van der Waals surface area contributed by atoms with Crippen LogP contribution in [0.3, 0.4) is 0 Å². The van der Waals surface area contributed by atoms with Crippen molar-refractivity contribution in [2.24, 2.45) is 0 Å². The summed E-state index contributed by atoms with van der Waals surface area (Å²) in [5, 5.41) is 4.07. The first kappa shape index (κ1) is 10.1. The Morgan fingerprint density at radius 3 is 2.47 bits per heavy atom. The van der Waals surface area contributed by atoms with Crippen molar-refractivity contribution in [3.63, 3.8) is 0 Å². The predicted molar refractivity (Wildman–Crippen MR) is 65.2 cm³/mol. The lowest BCUT2D eigenvalue weighted by Crippen LogP contribution is -1.98. The molecule has 0 aliphatic heterocycles. The molecule has 0 saturated carbocycles. The molecule has 0 fully saturated rings. The third-order valence-corrected chi connectivity index (χ3v) is 2.40.